The van der Waals surface area contributed by atoms with E-state index in [-0.39, 0.29) is 6.61 Å². The Hall–Kier alpha value is -1.29. The van der Waals surface area contributed by atoms with E-state index in [2.05, 4.69) is 0 Å². The van der Waals surface area contributed by atoms with Gasteiger partial charge in [-0.05, 0) is 42.0 Å². The minimum absolute atomic E-state index is 0.0742. The summed E-state index contributed by atoms with van der Waals surface area (Å²) in [5.41, 5.74) is 1.22. The van der Waals surface area contributed by atoms with Gasteiger partial charge in [-0.25, -0.2) is 0 Å². The second-order valence-electron chi connectivity index (χ2n) is 4.62. The highest BCUT2D eigenvalue weighted by Crippen LogP contribution is 2.32. The summed E-state index contributed by atoms with van der Waals surface area (Å²) in [5.74, 6) is 0. The minimum atomic E-state index is -1.10. The number of aliphatic hydroxyl groups excluding tert-OH is 1. The molecular weight excluding hydrogens is 256 g/mol. The fourth-order valence-electron chi connectivity index (χ4n) is 2.20. The van der Waals surface area contributed by atoms with E-state index >= 15 is 0 Å². The molecule has 3 heteroatoms. The average Bonchev–Trinajstić information content (AvgIpc) is 2.47. The smallest absolute Gasteiger partial charge is 0.112 e. The summed E-state index contributed by atoms with van der Waals surface area (Å²) in [6.07, 6.45) is 2.02. The molecule has 2 nitrogen and oxygen atoms in total. The maximum atomic E-state index is 10.8. The van der Waals surface area contributed by atoms with Crippen molar-refractivity contribution >= 4 is 11.8 Å². The van der Waals surface area contributed by atoms with E-state index in [1.54, 1.807) is 18.7 Å². The first-order chi connectivity index (χ1) is 9.09. The third-order valence-electron chi connectivity index (χ3n) is 3.36. The van der Waals surface area contributed by atoms with Gasteiger partial charge in [-0.15, -0.1) is 11.8 Å². The topological polar surface area (TPSA) is 40.5 Å². The van der Waals surface area contributed by atoms with E-state index in [0.29, 0.717) is 0 Å². The molecule has 1 atom stereocenters. The minimum Gasteiger partial charge on any atom is -0.392 e. The summed E-state index contributed by atoms with van der Waals surface area (Å²) in [5, 5.41) is 20.2. The van der Waals surface area contributed by atoms with Crippen LogP contribution in [0.25, 0.3) is 0 Å². The molecule has 0 aliphatic heterocycles. The SMILES string of the molecule is CSc1ccc(C(C)(O)c2ccccc2CO)cc1. The summed E-state index contributed by atoms with van der Waals surface area (Å²) in [4.78, 5) is 1.16. The average molecular weight is 274 g/mol. The quantitative estimate of drug-likeness (QED) is 0.841. The van der Waals surface area contributed by atoms with Crippen molar-refractivity contribution in [1.29, 1.82) is 0 Å². The molecule has 2 aromatic rings. The number of benzene rings is 2. The van der Waals surface area contributed by atoms with Gasteiger partial charge in [0.05, 0.1) is 6.61 Å². The molecule has 1 unspecified atom stereocenters. The molecule has 2 aromatic carbocycles. The van der Waals surface area contributed by atoms with Gasteiger partial charge in [0.25, 0.3) is 0 Å². The van der Waals surface area contributed by atoms with E-state index in [1.165, 1.54) is 0 Å². The normalized spacial score (nSPS) is 14.1. The van der Waals surface area contributed by atoms with Crippen LogP contribution in [0.2, 0.25) is 0 Å². The zero-order valence-electron chi connectivity index (χ0n) is 11.1. The van der Waals surface area contributed by atoms with Gasteiger partial charge in [0.2, 0.25) is 0 Å². The van der Waals surface area contributed by atoms with Gasteiger partial charge >= 0.3 is 0 Å². The maximum Gasteiger partial charge on any atom is 0.112 e. The third-order valence-corrected chi connectivity index (χ3v) is 4.11. The lowest BCUT2D eigenvalue weighted by Crippen LogP contribution is -2.24. The number of aliphatic hydroxyl groups is 2. The molecule has 0 aliphatic carbocycles. The molecule has 0 aromatic heterocycles. The van der Waals surface area contributed by atoms with Gasteiger partial charge in [0.15, 0.2) is 0 Å². The second kappa shape index (κ2) is 5.78. The van der Waals surface area contributed by atoms with Crippen LogP contribution in [-0.4, -0.2) is 16.5 Å². The molecule has 0 spiro atoms. The van der Waals surface area contributed by atoms with Crippen LogP contribution < -0.4 is 0 Å². The van der Waals surface area contributed by atoms with E-state index < -0.39 is 5.60 Å². The van der Waals surface area contributed by atoms with Crippen molar-refractivity contribution in [1.82, 2.24) is 0 Å². The first-order valence-electron chi connectivity index (χ1n) is 6.15. The largest absolute Gasteiger partial charge is 0.392 e. The van der Waals surface area contributed by atoms with Crippen LogP contribution in [0, 0.1) is 0 Å². The molecule has 0 heterocycles. The van der Waals surface area contributed by atoms with E-state index in [1.807, 2.05) is 54.8 Å². The van der Waals surface area contributed by atoms with Crippen LogP contribution in [0.5, 0.6) is 0 Å². The Morgan fingerprint density at radius 2 is 1.68 bits per heavy atom. The molecule has 19 heavy (non-hydrogen) atoms. The summed E-state index contributed by atoms with van der Waals surface area (Å²) in [7, 11) is 0. The van der Waals surface area contributed by atoms with E-state index in [4.69, 9.17) is 0 Å². The molecule has 0 radical (unpaired) electrons. The highest BCUT2D eigenvalue weighted by atomic mass is 32.2. The standard InChI is InChI=1S/C16H18O2S/c1-16(18,13-7-9-14(19-2)10-8-13)15-6-4-3-5-12(15)11-17/h3-10,17-18H,11H2,1-2H3. The van der Waals surface area contributed by atoms with Crippen molar-refractivity contribution in [2.75, 3.05) is 6.26 Å². The monoisotopic (exact) mass is 274 g/mol. The predicted octanol–water partition coefficient (Wildman–Crippen LogP) is 3.16. The number of thioether (sulfide) groups is 1. The highest BCUT2D eigenvalue weighted by Gasteiger charge is 2.27. The molecule has 0 saturated carbocycles. The fourth-order valence-corrected chi connectivity index (χ4v) is 2.61. The van der Waals surface area contributed by atoms with Gasteiger partial charge in [-0.2, -0.15) is 0 Å². The second-order valence-corrected chi connectivity index (χ2v) is 5.50. The molecule has 0 saturated heterocycles. The highest BCUT2D eigenvalue weighted by molar-refractivity contribution is 7.98. The number of rotatable bonds is 4. The van der Waals surface area contributed by atoms with E-state index in [0.717, 1.165) is 21.6 Å². The first-order valence-corrected chi connectivity index (χ1v) is 7.38. The Bertz CT molecular complexity index is 547. The lowest BCUT2D eigenvalue weighted by atomic mass is 9.85. The van der Waals surface area contributed by atoms with Crippen molar-refractivity contribution in [3.63, 3.8) is 0 Å². The maximum absolute atomic E-state index is 10.8. The van der Waals surface area contributed by atoms with E-state index in [9.17, 15) is 10.2 Å². The molecule has 2 rings (SSSR count). The third kappa shape index (κ3) is 2.84. The van der Waals surface area contributed by atoms with Crippen LogP contribution >= 0.6 is 11.8 Å². The molecule has 0 aliphatic rings. The lowest BCUT2D eigenvalue weighted by molar-refractivity contribution is 0.0992. The molecular formula is C16H18O2S. The summed E-state index contributed by atoms with van der Waals surface area (Å²) >= 11 is 1.67. The molecule has 100 valence electrons. The molecule has 0 bridgehead atoms. The van der Waals surface area contributed by atoms with Crippen molar-refractivity contribution in [2.45, 2.75) is 24.0 Å². The van der Waals surface area contributed by atoms with Gasteiger partial charge < -0.3 is 10.2 Å². The Kier molecular flexibility index (Phi) is 4.30. The van der Waals surface area contributed by atoms with Crippen molar-refractivity contribution in [2.24, 2.45) is 0 Å². The summed E-state index contributed by atoms with van der Waals surface area (Å²) in [6, 6.07) is 15.3. The number of hydrogen-bond donors (Lipinski definition) is 2. The Morgan fingerprint density at radius 1 is 1.05 bits per heavy atom. The van der Waals surface area contributed by atoms with Gasteiger partial charge in [-0.3, -0.25) is 0 Å². The summed E-state index contributed by atoms with van der Waals surface area (Å²) < 4.78 is 0. The number of hydrogen-bond acceptors (Lipinski definition) is 3. The van der Waals surface area contributed by atoms with Gasteiger partial charge in [0.1, 0.15) is 5.60 Å². The predicted molar refractivity (Wildman–Crippen MR) is 79.3 cm³/mol. The van der Waals surface area contributed by atoms with Crippen molar-refractivity contribution in [3.8, 4) is 0 Å². The van der Waals surface area contributed by atoms with Crippen molar-refractivity contribution in [3.05, 3.63) is 65.2 Å². The molecule has 2 N–H and O–H groups in total. The molecule has 0 fully saturated rings. The van der Waals surface area contributed by atoms with Crippen LogP contribution in [0.15, 0.2) is 53.4 Å². The fraction of sp³-hybridized carbons (Fsp3) is 0.250. The first kappa shape index (κ1) is 14.1. The van der Waals surface area contributed by atoms with Gasteiger partial charge in [-0.1, -0.05) is 36.4 Å². The lowest BCUT2D eigenvalue weighted by Gasteiger charge is -2.26. The van der Waals surface area contributed by atoms with Crippen LogP contribution in [0.1, 0.15) is 23.6 Å². The van der Waals surface area contributed by atoms with Crippen molar-refractivity contribution < 1.29 is 10.2 Å². The Balaban J connectivity index is 2.45. The zero-order valence-corrected chi connectivity index (χ0v) is 11.9. The van der Waals surface area contributed by atoms with Crippen LogP contribution in [0.3, 0.4) is 0 Å². The summed E-state index contributed by atoms with van der Waals surface area (Å²) in [6.45, 7) is 1.69. The molecule has 0 amide bonds. The van der Waals surface area contributed by atoms with Crippen LogP contribution in [0.4, 0.5) is 0 Å². The van der Waals surface area contributed by atoms with Crippen LogP contribution in [-0.2, 0) is 12.2 Å². The van der Waals surface area contributed by atoms with Gasteiger partial charge in [0, 0.05) is 4.90 Å². The zero-order chi connectivity index (χ0) is 13.9. The Labute approximate surface area is 118 Å². The Morgan fingerprint density at radius 3 is 2.26 bits per heavy atom.